The van der Waals surface area contributed by atoms with Gasteiger partial charge in [0.05, 0.1) is 0 Å². The van der Waals surface area contributed by atoms with Crippen molar-refractivity contribution in [2.75, 3.05) is 0 Å². The second-order valence-corrected chi connectivity index (χ2v) is 13.4. The number of aromatic nitrogens is 1. The van der Waals surface area contributed by atoms with Crippen LogP contribution >= 0.6 is 0 Å². The number of benzene rings is 3. The molecule has 0 spiro atoms. The second-order valence-electron chi connectivity index (χ2n) is 8.57. The third kappa shape index (κ3) is 5.87. The second kappa shape index (κ2) is 11.1. The van der Waals surface area contributed by atoms with E-state index in [1.165, 1.54) is 17.7 Å². The summed E-state index contributed by atoms with van der Waals surface area (Å²) in [6.07, 6.45) is 0.378. The van der Waals surface area contributed by atoms with Crippen molar-refractivity contribution in [2.24, 2.45) is 0 Å². The van der Waals surface area contributed by atoms with Crippen LogP contribution in [0.1, 0.15) is 57.3 Å². The molecule has 4 aromatic rings. The summed E-state index contributed by atoms with van der Waals surface area (Å²) in [7, 11) is 0. The van der Waals surface area contributed by atoms with Gasteiger partial charge in [-0.3, -0.25) is 0 Å². The molecular weight excluding hydrogens is 578 g/mol. The minimum absolute atomic E-state index is 0.0174. The first-order valence-corrected chi connectivity index (χ1v) is 15.0. The van der Waals surface area contributed by atoms with Crippen LogP contribution in [0.5, 0.6) is 0 Å². The Balaban J connectivity index is 1.52. The van der Waals surface area contributed by atoms with Crippen LogP contribution in [0.25, 0.3) is 10.9 Å². The molecule has 0 amide bonds. The van der Waals surface area contributed by atoms with Gasteiger partial charge in [0.15, 0.2) is 0 Å². The zero-order valence-corrected chi connectivity index (χ0v) is 23.4. The van der Waals surface area contributed by atoms with E-state index < -0.39 is 37.5 Å². The molecule has 0 saturated heterocycles. The zero-order valence-electron chi connectivity index (χ0n) is 19.6. The van der Waals surface area contributed by atoms with E-state index >= 15 is 0 Å². The fourth-order valence-electron chi connectivity index (χ4n) is 3.76. The summed E-state index contributed by atoms with van der Waals surface area (Å²) in [6, 6.07) is 21.9. The number of rotatable bonds is 9. The molecule has 1 aromatic heterocycles. The van der Waals surface area contributed by atoms with Crippen LogP contribution in [-0.4, -0.2) is 56.7 Å². The number of carbonyl (C=O) groups excluding carboxylic acids is 2. The molecule has 0 aliphatic heterocycles. The summed E-state index contributed by atoms with van der Waals surface area (Å²) in [4.78, 5) is 40.7. The van der Waals surface area contributed by atoms with E-state index in [9.17, 15) is 19.5 Å². The number of nitrogens with one attached hydrogen (secondary N) is 1. The first-order chi connectivity index (χ1) is 17.2. The van der Waals surface area contributed by atoms with E-state index in [0.29, 0.717) is 22.4 Å². The number of carboxylic acid groups (broad SMARTS) is 1. The van der Waals surface area contributed by atoms with Crippen molar-refractivity contribution < 1.29 is 19.5 Å². The average Bonchev–Trinajstić information content (AvgIpc) is 3.30. The topological polar surface area (TPSA) is 111 Å². The average molecular weight is 600 g/mol. The molecule has 2 N–H and O–H groups in total. The third-order valence-electron chi connectivity index (χ3n) is 5.69. The molecule has 0 fully saturated rings. The molecular formula is C28H22As2N2O4. The molecule has 3 aromatic carbocycles. The molecule has 36 heavy (non-hydrogen) atoms. The Morgan fingerprint density at radius 1 is 0.972 bits per heavy atom. The van der Waals surface area contributed by atoms with Gasteiger partial charge in [0.2, 0.25) is 0 Å². The van der Waals surface area contributed by atoms with E-state index in [4.69, 9.17) is 5.26 Å². The molecule has 1 heterocycles. The van der Waals surface area contributed by atoms with Crippen molar-refractivity contribution >= 4 is 66.2 Å². The number of H-pyrrole nitrogens is 1. The number of aromatic amines is 1. The number of carbonyl (C=O) groups is 3. The first kappa shape index (κ1) is 25.7. The van der Waals surface area contributed by atoms with E-state index in [1.807, 2.05) is 36.4 Å². The molecule has 2 radical (unpaired) electrons. The van der Waals surface area contributed by atoms with Crippen molar-refractivity contribution in [3.63, 3.8) is 0 Å². The van der Waals surface area contributed by atoms with Gasteiger partial charge in [-0.15, -0.1) is 0 Å². The molecule has 6 nitrogen and oxygen atoms in total. The third-order valence-corrected chi connectivity index (χ3v) is 10.1. The number of fused-ring (bicyclic) bond motifs is 1. The van der Waals surface area contributed by atoms with E-state index in [1.54, 1.807) is 12.1 Å². The van der Waals surface area contributed by atoms with Gasteiger partial charge in [0.25, 0.3) is 0 Å². The summed E-state index contributed by atoms with van der Waals surface area (Å²) in [5.41, 5.74) is 3.64. The number of aromatic carboxylic acids is 1. The summed E-state index contributed by atoms with van der Waals surface area (Å²) < 4.78 is 1.35. The Bertz CT molecular complexity index is 1520. The summed E-state index contributed by atoms with van der Waals surface area (Å²) in [6.45, 7) is 4.27. The van der Waals surface area contributed by atoms with Gasteiger partial charge < -0.3 is 0 Å². The van der Waals surface area contributed by atoms with Gasteiger partial charge in [-0.25, -0.2) is 0 Å². The zero-order chi connectivity index (χ0) is 25.8. The molecule has 0 aliphatic carbocycles. The Hall–Kier alpha value is -3.38. The summed E-state index contributed by atoms with van der Waals surface area (Å²) >= 11 is -1.91. The SMILES string of the molecule is CC(C)c1ccc(CC(=O)[As]c2cccc3cc(C(=O)[As]c4ccc(C#N)cc4C(=O)O)[nH]c23)cc1. The van der Waals surface area contributed by atoms with Crippen LogP contribution in [0.2, 0.25) is 0 Å². The van der Waals surface area contributed by atoms with Crippen molar-refractivity contribution in [1.82, 2.24) is 4.98 Å². The summed E-state index contributed by atoms with van der Waals surface area (Å²) in [5.74, 6) is -0.719. The Kier molecular flexibility index (Phi) is 7.94. The molecule has 0 unspecified atom stereocenters. The molecule has 0 aliphatic rings. The van der Waals surface area contributed by atoms with E-state index in [0.717, 1.165) is 20.8 Å². The van der Waals surface area contributed by atoms with Crippen LogP contribution in [0, 0.1) is 11.3 Å². The number of nitriles is 1. The molecule has 4 rings (SSSR count). The van der Waals surface area contributed by atoms with Crippen LogP contribution in [0.3, 0.4) is 0 Å². The van der Waals surface area contributed by atoms with Gasteiger partial charge in [-0.05, 0) is 0 Å². The number of hydrogen-bond donors (Lipinski definition) is 2. The fourth-order valence-corrected chi connectivity index (χ4v) is 7.70. The maximum atomic E-state index is 13.1. The predicted molar refractivity (Wildman–Crippen MR) is 141 cm³/mol. The molecule has 0 saturated carbocycles. The maximum absolute atomic E-state index is 13.1. The van der Waals surface area contributed by atoms with Crippen molar-refractivity contribution in [2.45, 2.75) is 26.2 Å². The number of para-hydroxylation sites is 1. The van der Waals surface area contributed by atoms with Gasteiger partial charge in [0, 0.05) is 0 Å². The molecule has 8 heteroatoms. The van der Waals surface area contributed by atoms with Gasteiger partial charge in [0.1, 0.15) is 0 Å². The fraction of sp³-hybridized carbons (Fsp3) is 0.143. The Morgan fingerprint density at radius 3 is 2.39 bits per heavy atom. The van der Waals surface area contributed by atoms with Crippen molar-refractivity contribution in [3.05, 3.63) is 94.7 Å². The monoisotopic (exact) mass is 600 g/mol. The van der Waals surface area contributed by atoms with E-state index in [2.05, 4.69) is 31.0 Å². The van der Waals surface area contributed by atoms with Crippen molar-refractivity contribution in [1.29, 1.82) is 5.26 Å². The Morgan fingerprint density at radius 2 is 1.72 bits per heavy atom. The molecule has 0 atom stereocenters. The first-order valence-electron chi connectivity index (χ1n) is 11.2. The molecule has 0 bridgehead atoms. The van der Waals surface area contributed by atoms with Crippen LogP contribution in [0.15, 0.2) is 66.7 Å². The van der Waals surface area contributed by atoms with Gasteiger partial charge in [-0.2, -0.15) is 0 Å². The number of hydrogen-bond acceptors (Lipinski definition) is 4. The van der Waals surface area contributed by atoms with E-state index in [-0.39, 0.29) is 20.3 Å². The normalized spacial score (nSPS) is 11.6. The number of carboxylic acids is 1. The quantitative estimate of drug-likeness (QED) is 0.287. The van der Waals surface area contributed by atoms with Crippen LogP contribution < -0.4 is 8.70 Å². The van der Waals surface area contributed by atoms with Gasteiger partial charge >= 0.3 is 223 Å². The van der Waals surface area contributed by atoms with Crippen LogP contribution in [0.4, 0.5) is 0 Å². The standard InChI is InChI=1S/C28H22As2N2O4/c1-16(2)19-9-6-17(7-10-19)13-25(33)29-23-5-3-4-20-14-24(32-26(20)23)27(34)30-22-11-8-18(15-31)12-21(22)28(35)36/h3-12,14,16,32H,13H2,1-2H3,(H,35,36). The predicted octanol–water partition coefficient (Wildman–Crippen LogP) is 3.13. The molecule has 178 valence electrons. The van der Waals surface area contributed by atoms with Gasteiger partial charge in [-0.1, -0.05) is 0 Å². The van der Waals surface area contributed by atoms with Crippen molar-refractivity contribution in [3.8, 4) is 6.07 Å². The summed E-state index contributed by atoms with van der Waals surface area (Å²) in [5, 5.41) is 19.4. The van der Waals surface area contributed by atoms with Crippen LogP contribution in [-0.2, 0) is 11.2 Å². The Labute approximate surface area is 222 Å². The number of nitrogens with zero attached hydrogens (tertiary/aromatic N) is 1. The minimum atomic E-state index is -1.16.